The molecule has 16 heteroatoms. The lowest BCUT2D eigenvalue weighted by atomic mass is 9.78. The molecule has 0 spiro atoms. The van der Waals surface area contributed by atoms with E-state index in [0.29, 0.717) is 70.2 Å². The van der Waals surface area contributed by atoms with E-state index in [0.717, 1.165) is 69.5 Å². The largest absolute Gasteiger partial charge is 0.460 e. The Balaban J connectivity index is 1.25. The van der Waals surface area contributed by atoms with Gasteiger partial charge in [-0.3, -0.25) is 19.2 Å². The van der Waals surface area contributed by atoms with Gasteiger partial charge in [0.05, 0.1) is 31.0 Å². The van der Waals surface area contributed by atoms with Gasteiger partial charge < -0.3 is 53.3 Å². The zero-order chi connectivity index (χ0) is 59.5. The Morgan fingerprint density at radius 1 is 0.793 bits per heavy atom. The van der Waals surface area contributed by atoms with E-state index in [2.05, 4.69) is 16.8 Å². The number of nitrogens with zero attached hydrogens (tertiary/aromatic N) is 3. The number of ether oxygens (including phenoxy) is 6. The van der Waals surface area contributed by atoms with Gasteiger partial charge in [0.2, 0.25) is 5.79 Å². The minimum absolute atomic E-state index is 0.00448. The number of likely N-dealkylation sites (N-methyl/N-ethyl adjacent to an activating group) is 1. The van der Waals surface area contributed by atoms with Crippen molar-refractivity contribution < 1.29 is 62.6 Å². The van der Waals surface area contributed by atoms with Crippen LogP contribution in [-0.4, -0.2) is 182 Å². The minimum atomic E-state index is -2.46. The fraction of sp³-hybridized carbons (Fsp3) is 0.712. The van der Waals surface area contributed by atoms with Gasteiger partial charge in [-0.2, -0.15) is 0 Å². The predicted octanol–water partition coefficient (Wildman–Crippen LogP) is 8.46. The minimum Gasteiger partial charge on any atom is -0.460 e. The number of esters is 1. The third-order valence-corrected chi connectivity index (χ3v) is 18.3. The van der Waals surface area contributed by atoms with Gasteiger partial charge in [0.25, 0.3) is 11.7 Å². The second-order valence-corrected chi connectivity index (χ2v) is 24.8. The standard InChI is InChI=1S/C66H101N3O13/c1-44-20-13-11-14-21-45(2)57(80-37-29-51-22-15-12-16-23-51)42-53-27-25-50(7)66(76,82-53)63(73)64(74)69-31-18-17-24-54(69)65(75)81-58(43-55(70)46(3)39-49(6)61(72)62(78-10)60(71)48(5)38-44)47(4)40-52-26-28-56(59(41-52)77-9)79-36-19-30-68-34-32-67(8)33-35-68/h11-16,20-23,39,44,46-48,50,52-54,56-59,61-62,72,76H,17-19,24-38,40-43H2,1-10H3/b14-11+,20-13+,45-21+,49-39+/t44-,46-,47-,48-,50-,52+,53+,54?,56-,57?,58+,59-,61-,62+,66-/m1/s1. The monoisotopic (exact) mass is 1140 g/mol. The van der Waals surface area contributed by atoms with Gasteiger partial charge in [0.1, 0.15) is 30.1 Å². The van der Waals surface area contributed by atoms with Crippen molar-refractivity contribution >= 4 is 29.2 Å². The molecule has 1 aliphatic carbocycles. The quantitative estimate of drug-likeness (QED) is 0.0780. The van der Waals surface area contributed by atoms with Crippen molar-refractivity contribution in [3.63, 3.8) is 0 Å². The molecule has 0 radical (unpaired) electrons. The van der Waals surface area contributed by atoms with Crippen molar-refractivity contribution in [2.75, 3.05) is 73.7 Å². The number of piperidine rings is 1. The highest BCUT2D eigenvalue weighted by Gasteiger charge is 2.53. The van der Waals surface area contributed by atoms with Crippen LogP contribution < -0.4 is 0 Å². The van der Waals surface area contributed by atoms with Crippen LogP contribution in [0.2, 0.25) is 0 Å². The van der Waals surface area contributed by atoms with Crippen molar-refractivity contribution in [2.24, 2.45) is 35.5 Å². The molecule has 6 rings (SSSR count). The smallest absolute Gasteiger partial charge is 0.329 e. The SMILES string of the molecule is CO[C@@H]1C[C@H](C[C@@H](C)[C@@H]2CC(=O)[C@H](C)/C=C(\C)[C@@H](O)[C@@H](OC)C(=O)[C@H](C)C[C@H](C)/C=C/C=C/C=C(\C)C(OCCc3ccccc3)C[C@@H]3CC[C@@H](C)[C@@](O)(O3)C(=O)C(=O)N3CCCCC3C(=O)O2)CC[C@H]1OCCCN1CCN(C)CC1. The second-order valence-electron chi connectivity index (χ2n) is 24.8. The van der Waals surface area contributed by atoms with Gasteiger partial charge in [-0.1, -0.05) is 101 Å². The number of aliphatic hydroxyl groups is 2. The number of carbonyl (C=O) groups excluding carboxylic acids is 5. The molecular weight excluding hydrogens is 1040 g/mol. The summed E-state index contributed by atoms with van der Waals surface area (Å²) in [6.07, 6.45) is 14.3. The second kappa shape index (κ2) is 32.9. The highest BCUT2D eigenvalue weighted by molar-refractivity contribution is 6.39. The summed E-state index contributed by atoms with van der Waals surface area (Å²) >= 11 is 0. The van der Waals surface area contributed by atoms with Crippen LogP contribution in [0.3, 0.4) is 0 Å². The Kier molecular flexibility index (Phi) is 26.8. The van der Waals surface area contributed by atoms with Crippen molar-refractivity contribution in [3.05, 3.63) is 83.5 Å². The number of rotatable bonds is 14. The van der Waals surface area contributed by atoms with Crippen LogP contribution >= 0.6 is 0 Å². The molecule has 16 nitrogen and oxygen atoms in total. The number of Topliss-reactive ketones (excluding diaryl/α,β-unsaturated/α-hetero) is 3. The summed E-state index contributed by atoms with van der Waals surface area (Å²) in [4.78, 5) is 78.5. The van der Waals surface area contributed by atoms with E-state index in [9.17, 15) is 34.2 Å². The topological polar surface area (TPSA) is 191 Å². The van der Waals surface area contributed by atoms with Crippen LogP contribution in [0.25, 0.3) is 0 Å². The number of amides is 1. The normalized spacial score (nSPS) is 36.1. The number of piperazine rings is 1. The van der Waals surface area contributed by atoms with Gasteiger partial charge in [-0.25, -0.2) is 4.79 Å². The third kappa shape index (κ3) is 19.1. The fourth-order valence-electron chi connectivity index (χ4n) is 12.8. The van der Waals surface area contributed by atoms with Crippen LogP contribution in [0, 0.1) is 35.5 Å². The van der Waals surface area contributed by atoms with E-state index in [1.54, 1.807) is 34.0 Å². The fourth-order valence-corrected chi connectivity index (χ4v) is 12.8. The summed E-state index contributed by atoms with van der Waals surface area (Å²) < 4.78 is 37.5. The van der Waals surface area contributed by atoms with Crippen LogP contribution in [0.4, 0.5) is 0 Å². The first-order valence-corrected chi connectivity index (χ1v) is 30.9. The highest BCUT2D eigenvalue weighted by Crippen LogP contribution is 2.38. The number of aliphatic hydroxyl groups excluding tert-OH is 1. The lowest BCUT2D eigenvalue weighted by Gasteiger charge is -2.43. The van der Waals surface area contributed by atoms with Crippen LogP contribution in [0.5, 0.6) is 0 Å². The molecule has 1 aromatic rings. The molecule has 4 heterocycles. The molecule has 15 atom stereocenters. The van der Waals surface area contributed by atoms with E-state index >= 15 is 0 Å². The maximum Gasteiger partial charge on any atom is 0.329 e. The number of benzene rings is 1. The zero-order valence-corrected chi connectivity index (χ0v) is 51.2. The summed E-state index contributed by atoms with van der Waals surface area (Å²) in [5.74, 6) is -7.87. The molecule has 5 aliphatic rings. The van der Waals surface area contributed by atoms with Crippen molar-refractivity contribution in [1.82, 2.24) is 14.7 Å². The number of fused-ring (bicyclic) bond motifs is 3. The van der Waals surface area contributed by atoms with E-state index in [-0.39, 0.29) is 60.9 Å². The van der Waals surface area contributed by atoms with Gasteiger partial charge in [0, 0.05) is 90.7 Å². The molecule has 458 valence electrons. The number of methoxy groups -OCH3 is 2. The molecule has 4 aliphatic heterocycles. The van der Waals surface area contributed by atoms with E-state index < -0.39 is 77.8 Å². The number of ketones is 3. The Morgan fingerprint density at radius 3 is 2.26 bits per heavy atom. The average molecular weight is 1140 g/mol. The lowest BCUT2D eigenvalue weighted by molar-refractivity contribution is -0.266. The Morgan fingerprint density at radius 2 is 1.54 bits per heavy atom. The molecule has 1 saturated carbocycles. The molecule has 4 fully saturated rings. The summed E-state index contributed by atoms with van der Waals surface area (Å²) in [5.41, 5.74) is 2.42. The Bertz CT molecular complexity index is 2330. The molecule has 2 unspecified atom stereocenters. The molecule has 0 aromatic heterocycles. The molecule has 3 saturated heterocycles. The molecule has 2 N–H and O–H groups in total. The van der Waals surface area contributed by atoms with Crippen LogP contribution in [-0.2, 0) is 58.8 Å². The maximum atomic E-state index is 14.8. The van der Waals surface area contributed by atoms with Crippen LogP contribution in [0.1, 0.15) is 138 Å². The highest BCUT2D eigenvalue weighted by atomic mass is 16.6. The zero-order valence-electron chi connectivity index (χ0n) is 51.2. The molecule has 82 heavy (non-hydrogen) atoms. The molecular formula is C66H101N3O13. The first-order valence-electron chi connectivity index (χ1n) is 30.9. The van der Waals surface area contributed by atoms with Gasteiger partial charge >= 0.3 is 5.97 Å². The number of hydrogen-bond acceptors (Lipinski definition) is 15. The molecule has 1 aromatic carbocycles. The van der Waals surface area contributed by atoms with Gasteiger partial charge in [-0.05, 0) is 132 Å². The Labute approximate surface area is 490 Å². The van der Waals surface area contributed by atoms with Crippen molar-refractivity contribution in [2.45, 2.75) is 193 Å². The van der Waals surface area contributed by atoms with E-state index in [4.69, 9.17) is 28.4 Å². The number of allylic oxidation sites excluding steroid dienone is 6. The molecule has 1 amide bonds. The van der Waals surface area contributed by atoms with Crippen LogP contribution in [0.15, 0.2) is 77.9 Å². The molecule has 2 bridgehead atoms. The average Bonchev–Trinajstić information content (AvgIpc) is 3.49. The first kappa shape index (κ1) is 66.9. The summed E-state index contributed by atoms with van der Waals surface area (Å²) in [5, 5.41) is 23.9. The van der Waals surface area contributed by atoms with Gasteiger partial charge in [0.15, 0.2) is 5.78 Å². The summed E-state index contributed by atoms with van der Waals surface area (Å²) in [6.45, 7) is 19.3. The van der Waals surface area contributed by atoms with E-state index in [1.165, 1.54) is 12.0 Å². The number of carbonyl (C=O) groups is 5. The lowest BCUT2D eigenvalue weighted by Crippen LogP contribution is -2.61. The van der Waals surface area contributed by atoms with Gasteiger partial charge in [-0.15, -0.1) is 0 Å². The first-order chi connectivity index (χ1) is 39.2. The number of cyclic esters (lactones) is 1. The predicted molar refractivity (Wildman–Crippen MR) is 317 cm³/mol. The summed E-state index contributed by atoms with van der Waals surface area (Å²) in [7, 11) is 5.28. The van der Waals surface area contributed by atoms with Crippen molar-refractivity contribution in [3.8, 4) is 0 Å². The maximum absolute atomic E-state index is 14.8. The van der Waals surface area contributed by atoms with E-state index in [1.807, 2.05) is 88.4 Å². The third-order valence-electron chi connectivity index (χ3n) is 18.3. The summed E-state index contributed by atoms with van der Waals surface area (Å²) in [6, 6.07) is 8.88. The van der Waals surface area contributed by atoms with Crippen molar-refractivity contribution in [1.29, 1.82) is 0 Å². The number of hydrogen-bond donors (Lipinski definition) is 2. The Hall–Kier alpha value is -4.23.